The predicted molar refractivity (Wildman–Crippen MR) is 123 cm³/mol. The number of likely N-dealkylation sites (tertiary alicyclic amines) is 1. The SMILES string of the molecule is NC(CCOc1ccc(/C(=N\O)C(=O)N[C@H]2CN(C(C(=O)O)c3ccc(O)cc3)C2=O)cc1)C(=O)O. The molecular weight excluding hydrogens is 476 g/mol. The summed E-state index contributed by atoms with van der Waals surface area (Å²) in [5.74, 6) is -3.59. The third-order valence-electron chi connectivity index (χ3n) is 5.48. The number of carboxylic acids is 2. The Bertz CT molecular complexity index is 1170. The number of hydrogen-bond acceptors (Lipinski definition) is 9. The molecule has 0 saturated carbocycles. The summed E-state index contributed by atoms with van der Waals surface area (Å²) < 4.78 is 5.40. The van der Waals surface area contributed by atoms with Crippen molar-refractivity contribution in [1.29, 1.82) is 0 Å². The van der Waals surface area contributed by atoms with Crippen molar-refractivity contribution in [2.75, 3.05) is 13.2 Å². The molecule has 0 spiro atoms. The number of benzene rings is 2. The van der Waals surface area contributed by atoms with Gasteiger partial charge in [0.25, 0.3) is 5.91 Å². The van der Waals surface area contributed by atoms with Gasteiger partial charge in [-0.3, -0.25) is 14.4 Å². The van der Waals surface area contributed by atoms with Crippen molar-refractivity contribution in [3.63, 3.8) is 0 Å². The molecule has 0 aromatic heterocycles. The zero-order valence-corrected chi connectivity index (χ0v) is 18.8. The number of hydrogen-bond donors (Lipinski definition) is 6. The fourth-order valence-corrected chi connectivity index (χ4v) is 3.50. The number of carbonyl (C=O) groups is 4. The van der Waals surface area contributed by atoms with Gasteiger partial charge in [0.1, 0.15) is 23.6 Å². The first kappa shape index (κ1) is 26.0. The zero-order chi connectivity index (χ0) is 26.4. The topological polar surface area (TPSA) is 212 Å². The lowest BCUT2D eigenvalue weighted by molar-refractivity contribution is -0.160. The normalized spacial score (nSPS) is 17.0. The molecule has 2 aromatic rings. The quantitative estimate of drug-likeness (QED) is 0.104. The summed E-state index contributed by atoms with van der Waals surface area (Å²) in [6.07, 6.45) is 0.0880. The number of aromatic hydroxyl groups is 1. The van der Waals surface area contributed by atoms with Crippen molar-refractivity contribution < 1.29 is 44.4 Å². The maximum Gasteiger partial charge on any atom is 0.331 e. The molecule has 1 saturated heterocycles. The number of nitrogens with two attached hydrogens (primary N) is 1. The number of carbonyl (C=O) groups excluding carboxylic acids is 2. The Balaban J connectivity index is 1.59. The Hall–Kier alpha value is -4.65. The fraction of sp³-hybridized carbons (Fsp3) is 0.261. The van der Waals surface area contributed by atoms with Crippen LogP contribution in [0.2, 0.25) is 0 Å². The highest BCUT2D eigenvalue weighted by molar-refractivity contribution is 6.45. The van der Waals surface area contributed by atoms with Crippen molar-refractivity contribution in [3.05, 3.63) is 59.7 Å². The van der Waals surface area contributed by atoms with Crippen LogP contribution in [0.5, 0.6) is 11.5 Å². The van der Waals surface area contributed by atoms with E-state index in [1.807, 2.05) is 0 Å². The minimum absolute atomic E-state index is 0.0516. The number of carboxylic acid groups (broad SMARTS) is 2. The molecule has 2 unspecified atom stereocenters. The van der Waals surface area contributed by atoms with E-state index >= 15 is 0 Å². The van der Waals surface area contributed by atoms with Gasteiger partial charge in [-0.1, -0.05) is 17.3 Å². The summed E-state index contributed by atoms with van der Waals surface area (Å²) in [6.45, 7) is -0.0393. The molecular formula is C23H24N4O9. The van der Waals surface area contributed by atoms with Crippen molar-refractivity contribution >= 4 is 29.5 Å². The number of amides is 2. The van der Waals surface area contributed by atoms with Gasteiger partial charge in [0.05, 0.1) is 13.2 Å². The molecule has 1 fully saturated rings. The lowest BCUT2D eigenvalue weighted by Crippen LogP contribution is -2.66. The zero-order valence-electron chi connectivity index (χ0n) is 18.8. The first-order valence-corrected chi connectivity index (χ1v) is 10.7. The molecule has 3 atom stereocenters. The van der Waals surface area contributed by atoms with E-state index in [4.69, 9.17) is 15.6 Å². The highest BCUT2D eigenvalue weighted by atomic mass is 16.5. The molecule has 0 radical (unpaired) electrons. The van der Waals surface area contributed by atoms with E-state index in [9.17, 15) is 34.6 Å². The summed E-state index contributed by atoms with van der Waals surface area (Å²) in [7, 11) is 0. The third-order valence-corrected chi connectivity index (χ3v) is 5.48. The molecule has 7 N–H and O–H groups in total. The van der Waals surface area contributed by atoms with Crippen LogP contribution in [0, 0.1) is 0 Å². The van der Waals surface area contributed by atoms with E-state index in [-0.39, 0.29) is 42.2 Å². The molecule has 3 rings (SSSR count). The number of rotatable bonds is 11. The van der Waals surface area contributed by atoms with Crippen LogP contribution in [0.25, 0.3) is 0 Å². The molecule has 1 heterocycles. The van der Waals surface area contributed by atoms with Crippen LogP contribution < -0.4 is 15.8 Å². The third kappa shape index (κ3) is 5.88. The Kier molecular flexibility index (Phi) is 8.07. The van der Waals surface area contributed by atoms with E-state index in [1.165, 1.54) is 48.5 Å². The lowest BCUT2D eigenvalue weighted by atomic mass is 9.97. The minimum atomic E-state index is -1.30. The van der Waals surface area contributed by atoms with Gasteiger partial charge < -0.3 is 41.2 Å². The smallest absolute Gasteiger partial charge is 0.331 e. The molecule has 0 bridgehead atoms. The summed E-state index contributed by atoms with van der Waals surface area (Å²) >= 11 is 0. The number of β-lactam (4-membered cyclic amide) rings is 1. The molecule has 0 aliphatic carbocycles. The first-order chi connectivity index (χ1) is 17.1. The second kappa shape index (κ2) is 11.2. The molecule has 1 aliphatic heterocycles. The van der Waals surface area contributed by atoms with Gasteiger partial charge in [-0.05, 0) is 42.0 Å². The van der Waals surface area contributed by atoms with E-state index < -0.39 is 41.9 Å². The van der Waals surface area contributed by atoms with Gasteiger partial charge in [0.15, 0.2) is 11.8 Å². The summed E-state index contributed by atoms with van der Waals surface area (Å²) in [5.41, 5.74) is 5.51. The van der Waals surface area contributed by atoms with Crippen LogP contribution in [-0.4, -0.2) is 80.1 Å². The van der Waals surface area contributed by atoms with Gasteiger partial charge in [-0.25, -0.2) is 4.79 Å². The van der Waals surface area contributed by atoms with Crippen molar-refractivity contribution in [2.45, 2.75) is 24.5 Å². The van der Waals surface area contributed by atoms with Crippen LogP contribution >= 0.6 is 0 Å². The molecule has 1 aliphatic rings. The van der Waals surface area contributed by atoms with Crippen LogP contribution in [0.3, 0.4) is 0 Å². The Morgan fingerprint density at radius 3 is 2.25 bits per heavy atom. The van der Waals surface area contributed by atoms with Gasteiger partial charge in [-0.15, -0.1) is 0 Å². The first-order valence-electron chi connectivity index (χ1n) is 10.7. The van der Waals surface area contributed by atoms with Crippen molar-refractivity contribution in [2.24, 2.45) is 10.9 Å². The molecule has 13 heteroatoms. The monoisotopic (exact) mass is 500 g/mol. The molecule has 2 amide bonds. The standard InChI is InChI=1S/C23H24N4O9/c24-16(22(31)32)9-10-36-15-7-3-12(4-8-15)18(26-35)20(29)25-17-11-27(21(17)30)19(23(33)34)13-1-5-14(28)6-2-13/h1-8,16-17,19,28,35H,9-11,24H2,(H,25,29)(H,31,32)(H,33,34)/b26-18+/t16?,17-,19?/m0/s1. The van der Waals surface area contributed by atoms with E-state index in [1.54, 1.807) is 0 Å². The number of phenolic OH excluding ortho intramolecular Hbond substituents is 1. The van der Waals surface area contributed by atoms with Crippen molar-refractivity contribution in [3.8, 4) is 11.5 Å². The van der Waals surface area contributed by atoms with E-state index in [0.29, 0.717) is 5.75 Å². The molecule has 36 heavy (non-hydrogen) atoms. The van der Waals surface area contributed by atoms with Gasteiger partial charge in [0.2, 0.25) is 5.91 Å². The number of ether oxygens (including phenoxy) is 1. The largest absolute Gasteiger partial charge is 0.508 e. The van der Waals surface area contributed by atoms with E-state index in [2.05, 4.69) is 10.5 Å². The second-order valence-corrected chi connectivity index (χ2v) is 7.90. The fourth-order valence-electron chi connectivity index (χ4n) is 3.50. The number of aliphatic carboxylic acids is 2. The second-order valence-electron chi connectivity index (χ2n) is 7.90. The average Bonchev–Trinajstić information content (AvgIpc) is 2.85. The number of nitrogens with one attached hydrogen (secondary N) is 1. The Morgan fingerprint density at radius 2 is 1.72 bits per heavy atom. The lowest BCUT2D eigenvalue weighted by Gasteiger charge is -2.42. The average molecular weight is 500 g/mol. The Morgan fingerprint density at radius 1 is 1.08 bits per heavy atom. The van der Waals surface area contributed by atoms with Crippen LogP contribution in [0.15, 0.2) is 53.7 Å². The summed E-state index contributed by atoms with van der Waals surface area (Å²) in [6, 6.07) is 7.83. The van der Waals surface area contributed by atoms with Gasteiger partial charge >= 0.3 is 11.9 Å². The highest BCUT2D eigenvalue weighted by Gasteiger charge is 2.45. The predicted octanol–water partition coefficient (Wildman–Crippen LogP) is -0.0958. The maximum atomic E-state index is 12.6. The van der Waals surface area contributed by atoms with Crippen molar-refractivity contribution in [1.82, 2.24) is 10.2 Å². The summed E-state index contributed by atoms with van der Waals surface area (Å²) in [5, 5.41) is 42.5. The number of nitrogens with zero attached hydrogens (tertiary/aromatic N) is 2. The van der Waals surface area contributed by atoms with E-state index in [0.717, 1.165) is 4.90 Å². The molecule has 13 nitrogen and oxygen atoms in total. The highest BCUT2D eigenvalue weighted by Crippen LogP contribution is 2.28. The molecule has 2 aromatic carbocycles. The summed E-state index contributed by atoms with van der Waals surface area (Å²) in [4.78, 5) is 48.8. The Labute approximate surface area is 204 Å². The molecule has 190 valence electrons. The van der Waals surface area contributed by atoms with Gasteiger partial charge in [0, 0.05) is 12.0 Å². The maximum absolute atomic E-state index is 12.6. The minimum Gasteiger partial charge on any atom is -0.508 e. The number of phenols is 1. The van der Waals surface area contributed by atoms with Gasteiger partial charge in [-0.2, -0.15) is 0 Å². The van der Waals surface area contributed by atoms with Crippen LogP contribution in [0.1, 0.15) is 23.6 Å². The van der Waals surface area contributed by atoms with Crippen LogP contribution in [-0.2, 0) is 19.2 Å². The van der Waals surface area contributed by atoms with Crippen LogP contribution in [0.4, 0.5) is 0 Å². The number of oxime groups is 1.